The van der Waals surface area contributed by atoms with Crippen LogP contribution in [0.4, 0.5) is 5.69 Å². The van der Waals surface area contributed by atoms with E-state index in [1.54, 1.807) is 12.1 Å². The maximum atomic E-state index is 10.7. The average molecular weight is 451 g/mol. The van der Waals surface area contributed by atoms with E-state index in [0.717, 1.165) is 56.8 Å². The molecule has 7 nitrogen and oxygen atoms in total. The number of non-ortho nitro benzene ring substituents is 1. The average Bonchev–Trinajstić information content (AvgIpc) is 2.83. The molecule has 0 bridgehead atoms. The van der Waals surface area contributed by atoms with Gasteiger partial charge in [0.1, 0.15) is 12.4 Å². The van der Waals surface area contributed by atoms with Gasteiger partial charge in [0.25, 0.3) is 5.69 Å². The van der Waals surface area contributed by atoms with Crippen molar-refractivity contribution >= 4 is 5.69 Å². The molecule has 0 aromatic heterocycles. The van der Waals surface area contributed by atoms with Crippen LogP contribution in [0.15, 0.2) is 42.5 Å². The molecule has 176 valence electrons. The summed E-state index contributed by atoms with van der Waals surface area (Å²) in [5.41, 5.74) is 3.27. The minimum Gasteiger partial charge on any atom is -0.492 e. The number of piperazine rings is 1. The third-order valence-electron chi connectivity index (χ3n) is 6.55. The van der Waals surface area contributed by atoms with Gasteiger partial charge in [-0.05, 0) is 68.0 Å². The van der Waals surface area contributed by atoms with Crippen LogP contribution in [0.25, 0.3) is 0 Å². The van der Waals surface area contributed by atoms with Crippen molar-refractivity contribution in [2.24, 2.45) is 0 Å². The molecular formula is C26H34N4O3. The number of nitro benzene ring substituents is 1. The summed E-state index contributed by atoms with van der Waals surface area (Å²) in [6.07, 6.45) is 3.47. The Morgan fingerprint density at radius 2 is 1.76 bits per heavy atom. The smallest absolute Gasteiger partial charge is 0.269 e. The summed E-state index contributed by atoms with van der Waals surface area (Å²) in [4.78, 5) is 15.3. The molecule has 1 heterocycles. The van der Waals surface area contributed by atoms with Crippen molar-refractivity contribution in [1.82, 2.24) is 9.80 Å². The van der Waals surface area contributed by atoms with Crippen molar-refractivity contribution in [2.45, 2.75) is 39.0 Å². The normalized spacial score (nSPS) is 15.7. The van der Waals surface area contributed by atoms with Crippen LogP contribution in [0.2, 0.25) is 0 Å². The lowest BCUT2D eigenvalue weighted by atomic mass is 9.90. The first-order valence-electron chi connectivity index (χ1n) is 11.8. The first-order valence-corrected chi connectivity index (χ1v) is 11.8. The molecule has 1 aliphatic rings. The molecule has 2 aromatic carbocycles. The minimum absolute atomic E-state index is 0.0794. The van der Waals surface area contributed by atoms with Crippen LogP contribution in [-0.2, 0) is 0 Å². The van der Waals surface area contributed by atoms with E-state index in [1.807, 2.05) is 13.0 Å². The molecule has 0 aliphatic carbocycles. The second kappa shape index (κ2) is 12.3. The van der Waals surface area contributed by atoms with Crippen molar-refractivity contribution in [1.29, 1.82) is 5.26 Å². The Hall–Kier alpha value is -2.95. The standard InChI is InChI=1S/C26H34N4O3/c1-3-22(23-6-7-24(20-27)21(2)19-23)5-4-12-28-13-15-29(16-14-28)17-18-33-26-10-8-25(9-11-26)30(31)32/h6-11,19,22H,3-5,12-18H2,1-2H3. The van der Waals surface area contributed by atoms with Gasteiger partial charge in [-0.3, -0.25) is 15.0 Å². The zero-order valence-electron chi connectivity index (χ0n) is 19.7. The van der Waals surface area contributed by atoms with Crippen LogP contribution >= 0.6 is 0 Å². The Morgan fingerprint density at radius 3 is 2.33 bits per heavy atom. The first kappa shape index (κ1) is 24.7. The summed E-state index contributed by atoms with van der Waals surface area (Å²) in [6, 6.07) is 14.8. The predicted octanol–water partition coefficient (Wildman–Crippen LogP) is 4.75. The van der Waals surface area contributed by atoms with E-state index in [1.165, 1.54) is 30.5 Å². The largest absolute Gasteiger partial charge is 0.492 e. The Bertz CT molecular complexity index is 947. The molecule has 3 rings (SSSR count). The number of nitro groups is 1. The van der Waals surface area contributed by atoms with E-state index in [-0.39, 0.29) is 5.69 Å². The fraction of sp³-hybridized carbons (Fsp3) is 0.500. The molecule has 1 aliphatic heterocycles. The van der Waals surface area contributed by atoms with Gasteiger partial charge in [-0.1, -0.05) is 19.1 Å². The summed E-state index contributed by atoms with van der Waals surface area (Å²) in [6.45, 7) is 11.1. The zero-order chi connectivity index (χ0) is 23.6. The van der Waals surface area contributed by atoms with Crippen LogP contribution in [0, 0.1) is 28.4 Å². The predicted molar refractivity (Wildman–Crippen MR) is 130 cm³/mol. The van der Waals surface area contributed by atoms with Gasteiger partial charge in [-0.25, -0.2) is 0 Å². The van der Waals surface area contributed by atoms with Gasteiger partial charge in [-0.15, -0.1) is 0 Å². The number of ether oxygens (including phenoxy) is 1. The van der Waals surface area contributed by atoms with Gasteiger partial charge in [0.2, 0.25) is 0 Å². The summed E-state index contributed by atoms with van der Waals surface area (Å²) in [5, 5.41) is 19.9. The molecule has 0 amide bonds. The summed E-state index contributed by atoms with van der Waals surface area (Å²) in [7, 11) is 0. The fourth-order valence-electron chi connectivity index (χ4n) is 4.43. The summed E-state index contributed by atoms with van der Waals surface area (Å²) in [5.74, 6) is 1.22. The van der Waals surface area contributed by atoms with Crippen LogP contribution in [0.5, 0.6) is 5.75 Å². The van der Waals surface area contributed by atoms with Crippen molar-refractivity contribution < 1.29 is 9.66 Å². The lowest BCUT2D eigenvalue weighted by Crippen LogP contribution is -2.47. The molecule has 2 aromatic rings. The number of hydrogen-bond acceptors (Lipinski definition) is 6. The lowest BCUT2D eigenvalue weighted by molar-refractivity contribution is -0.384. The number of hydrogen-bond donors (Lipinski definition) is 0. The third kappa shape index (κ3) is 7.28. The highest BCUT2D eigenvalue weighted by Gasteiger charge is 2.17. The van der Waals surface area contributed by atoms with Gasteiger partial charge in [0.05, 0.1) is 16.6 Å². The second-order valence-corrected chi connectivity index (χ2v) is 8.72. The molecule has 0 saturated carbocycles. The number of rotatable bonds is 11. The number of nitriles is 1. The molecule has 0 radical (unpaired) electrons. The number of benzene rings is 2. The van der Waals surface area contributed by atoms with Crippen LogP contribution in [-0.4, -0.2) is 60.6 Å². The molecule has 0 spiro atoms. The van der Waals surface area contributed by atoms with E-state index < -0.39 is 4.92 Å². The van der Waals surface area contributed by atoms with Crippen molar-refractivity contribution in [3.05, 3.63) is 69.3 Å². The Labute approximate surface area is 196 Å². The van der Waals surface area contributed by atoms with E-state index in [4.69, 9.17) is 10.00 Å². The maximum Gasteiger partial charge on any atom is 0.269 e. The zero-order valence-corrected chi connectivity index (χ0v) is 19.7. The van der Waals surface area contributed by atoms with Gasteiger partial charge < -0.3 is 9.64 Å². The van der Waals surface area contributed by atoms with Crippen LogP contribution in [0.3, 0.4) is 0 Å². The third-order valence-corrected chi connectivity index (χ3v) is 6.55. The molecule has 1 atom stereocenters. The highest BCUT2D eigenvalue weighted by Crippen LogP contribution is 2.26. The Balaban J connectivity index is 1.33. The number of aryl methyl sites for hydroxylation is 1. The van der Waals surface area contributed by atoms with Gasteiger partial charge in [0, 0.05) is 44.9 Å². The Morgan fingerprint density at radius 1 is 1.09 bits per heavy atom. The van der Waals surface area contributed by atoms with E-state index >= 15 is 0 Å². The maximum absolute atomic E-state index is 10.7. The number of nitrogens with zero attached hydrogens (tertiary/aromatic N) is 4. The summed E-state index contributed by atoms with van der Waals surface area (Å²) < 4.78 is 5.74. The SMILES string of the molecule is CCC(CCCN1CCN(CCOc2ccc([N+](=O)[O-])cc2)CC1)c1ccc(C#N)c(C)c1. The molecule has 7 heteroatoms. The highest BCUT2D eigenvalue weighted by atomic mass is 16.6. The van der Waals surface area contributed by atoms with E-state index in [0.29, 0.717) is 18.3 Å². The molecule has 33 heavy (non-hydrogen) atoms. The van der Waals surface area contributed by atoms with E-state index in [2.05, 4.69) is 34.9 Å². The minimum atomic E-state index is -0.403. The quantitative estimate of drug-likeness (QED) is 0.363. The molecule has 1 fully saturated rings. The lowest BCUT2D eigenvalue weighted by Gasteiger charge is -2.34. The van der Waals surface area contributed by atoms with Gasteiger partial charge in [-0.2, -0.15) is 5.26 Å². The highest BCUT2D eigenvalue weighted by molar-refractivity contribution is 5.40. The topological polar surface area (TPSA) is 82.6 Å². The van der Waals surface area contributed by atoms with E-state index in [9.17, 15) is 10.1 Å². The first-order chi connectivity index (χ1) is 16.0. The molecular weight excluding hydrogens is 416 g/mol. The van der Waals surface area contributed by atoms with Gasteiger partial charge >= 0.3 is 0 Å². The molecule has 0 N–H and O–H groups in total. The molecule has 1 unspecified atom stereocenters. The van der Waals surface area contributed by atoms with Crippen molar-refractivity contribution in [3.63, 3.8) is 0 Å². The fourth-order valence-corrected chi connectivity index (χ4v) is 4.43. The van der Waals surface area contributed by atoms with Crippen LogP contribution < -0.4 is 4.74 Å². The molecule has 1 saturated heterocycles. The van der Waals surface area contributed by atoms with Gasteiger partial charge in [0.15, 0.2) is 0 Å². The Kier molecular flexibility index (Phi) is 9.23. The second-order valence-electron chi connectivity index (χ2n) is 8.72. The van der Waals surface area contributed by atoms with Crippen molar-refractivity contribution in [3.8, 4) is 11.8 Å². The van der Waals surface area contributed by atoms with Crippen LogP contribution in [0.1, 0.15) is 48.8 Å². The monoisotopic (exact) mass is 450 g/mol. The summed E-state index contributed by atoms with van der Waals surface area (Å²) >= 11 is 0. The van der Waals surface area contributed by atoms with Crippen molar-refractivity contribution in [2.75, 3.05) is 45.9 Å².